The van der Waals surface area contributed by atoms with Crippen LogP contribution in [0, 0.1) is 0 Å². The first-order valence-electron chi connectivity index (χ1n) is 9.42. The molecule has 1 atom stereocenters. The minimum absolute atomic E-state index is 0.151. The molecule has 0 saturated heterocycles. The van der Waals surface area contributed by atoms with Gasteiger partial charge in [-0.15, -0.1) is 11.3 Å². The monoisotopic (exact) mass is 392 g/mol. The maximum Gasteiger partial charge on any atom is 0.262 e. The third-order valence-electron chi connectivity index (χ3n) is 4.43. The number of amides is 2. The second kappa shape index (κ2) is 10.4. The van der Waals surface area contributed by atoms with Crippen LogP contribution < -0.4 is 10.6 Å². The van der Waals surface area contributed by atoms with Crippen molar-refractivity contribution in [3.63, 3.8) is 0 Å². The fraction of sp³-hybridized carbons (Fsp3) is 0.217. The summed E-state index contributed by atoms with van der Waals surface area (Å²) in [5, 5.41) is 7.71. The van der Waals surface area contributed by atoms with E-state index in [0.717, 1.165) is 18.4 Å². The normalized spacial score (nSPS) is 11.6. The molecule has 2 amide bonds. The van der Waals surface area contributed by atoms with Gasteiger partial charge in [0.05, 0.1) is 4.88 Å². The minimum Gasteiger partial charge on any atom is -0.354 e. The molecule has 0 fully saturated rings. The Morgan fingerprint density at radius 2 is 1.54 bits per heavy atom. The summed E-state index contributed by atoms with van der Waals surface area (Å²) in [4.78, 5) is 25.8. The first-order valence-corrected chi connectivity index (χ1v) is 10.3. The molecule has 3 aromatic rings. The number of benzene rings is 2. The molecule has 0 unspecified atom stereocenters. The predicted molar refractivity (Wildman–Crippen MR) is 113 cm³/mol. The molecule has 28 heavy (non-hydrogen) atoms. The van der Waals surface area contributed by atoms with Crippen LogP contribution in [0.25, 0.3) is 0 Å². The van der Waals surface area contributed by atoms with Crippen LogP contribution in [-0.2, 0) is 17.6 Å². The van der Waals surface area contributed by atoms with Crippen LogP contribution in [0.2, 0.25) is 0 Å². The molecule has 5 heteroatoms. The van der Waals surface area contributed by atoms with E-state index in [1.165, 1.54) is 16.9 Å². The summed E-state index contributed by atoms with van der Waals surface area (Å²) in [5.41, 5.74) is 2.27. The summed E-state index contributed by atoms with van der Waals surface area (Å²) in [6, 6.07) is 22.9. The fourth-order valence-electron chi connectivity index (χ4n) is 2.97. The van der Waals surface area contributed by atoms with E-state index in [-0.39, 0.29) is 11.8 Å². The third-order valence-corrected chi connectivity index (χ3v) is 5.30. The van der Waals surface area contributed by atoms with Gasteiger partial charge in [-0.2, -0.15) is 0 Å². The predicted octanol–water partition coefficient (Wildman–Crippen LogP) is 3.84. The van der Waals surface area contributed by atoms with Crippen molar-refractivity contribution in [2.45, 2.75) is 25.3 Å². The van der Waals surface area contributed by atoms with E-state index in [1.54, 1.807) is 6.07 Å². The zero-order valence-corrected chi connectivity index (χ0v) is 16.5. The average molecular weight is 393 g/mol. The number of thiophene rings is 1. The van der Waals surface area contributed by atoms with E-state index >= 15 is 0 Å². The zero-order chi connectivity index (χ0) is 19.6. The van der Waals surface area contributed by atoms with Crippen LogP contribution in [0.4, 0.5) is 0 Å². The van der Waals surface area contributed by atoms with Crippen LogP contribution in [0.15, 0.2) is 78.2 Å². The molecule has 144 valence electrons. The van der Waals surface area contributed by atoms with Crippen molar-refractivity contribution < 1.29 is 9.59 Å². The maximum atomic E-state index is 12.7. The van der Waals surface area contributed by atoms with Crippen molar-refractivity contribution in [3.05, 3.63) is 94.2 Å². The number of aryl methyl sites for hydroxylation is 1. The highest BCUT2D eigenvalue weighted by atomic mass is 32.1. The lowest BCUT2D eigenvalue weighted by atomic mass is 10.0. The summed E-state index contributed by atoms with van der Waals surface area (Å²) < 4.78 is 0. The molecular weight excluding hydrogens is 368 g/mol. The second-order valence-corrected chi connectivity index (χ2v) is 7.52. The molecule has 2 N–H and O–H groups in total. The molecule has 0 radical (unpaired) electrons. The number of rotatable bonds is 9. The van der Waals surface area contributed by atoms with Gasteiger partial charge >= 0.3 is 0 Å². The van der Waals surface area contributed by atoms with Crippen molar-refractivity contribution in [1.82, 2.24) is 10.6 Å². The van der Waals surface area contributed by atoms with Gasteiger partial charge < -0.3 is 10.6 Å². The summed E-state index contributed by atoms with van der Waals surface area (Å²) in [5.74, 6) is -0.364. The van der Waals surface area contributed by atoms with Gasteiger partial charge in [-0.3, -0.25) is 9.59 Å². The highest BCUT2D eigenvalue weighted by Crippen LogP contribution is 2.10. The lowest BCUT2D eigenvalue weighted by Crippen LogP contribution is -2.48. The van der Waals surface area contributed by atoms with Gasteiger partial charge in [0.25, 0.3) is 5.91 Å². The Labute approximate surface area is 169 Å². The van der Waals surface area contributed by atoms with Gasteiger partial charge in [0, 0.05) is 13.0 Å². The summed E-state index contributed by atoms with van der Waals surface area (Å²) in [6.07, 6.45) is 2.22. The molecule has 0 aliphatic heterocycles. The lowest BCUT2D eigenvalue weighted by Gasteiger charge is -2.18. The largest absolute Gasteiger partial charge is 0.354 e. The molecular formula is C23H24N2O2S. The summed E-state index contributed by atoms with van der Waals surface area (Å²) >= 11 is 1.37. The van der Waals surface area contributed by atoms with Crippen molar-refractivity contribution >= 4 is 23.2 Å². The highest BCUT2D eigenvalue weighted by molar-refractivity contribution is 7.12. The SMILES string of the molecule is O=C(N[C@@H](Cc1ccccc1)C(=O)NCCCc1ccccc1)c1cccs1. The van der Waals surface area contributed by atoms with Crippen molar-refractivity contribution in [2.24, 2.45) is 0 Å². The first-order chi connectivity index (χ1) is 13.7. The van der Waals surface area contributed by atoms with Gasteiger partial charge in [0.2, 0.25) is 5.91 Å². The molecule has 0 bridgehead atoms. The minimum atomic E-state index is -0.603. The van der Waals surface area contributed by atoms with Gasteiger partial charge in [0.15, 0.2) is 0 Å². The third kappa shape index (κ3) is 6.06. The van der Waals surface area contributed by atoms with Crippen molar-refractivity contribution in [1.29, 1.82) is 0 Å². The van der Waals surface area contributed by atoms with Crippen LogP contribution in [0.1, 0.15) is 27.2 Å². The van der Waals surface area contributed by atoms with E-state index in [9.17, 15) is 9.59 Å². The molecule has 0 saturated carbocycles. The highest BCUT2D eigenvalue weighted by Gasteiger charge is 2.22. The average Bonchev–Trinajstić information content (AvgIpc) is 3.27. The van der Waals surface area contributed by atoms with E-state index in [4.69, 9.17) is 0 Å². The number of nitrogens with one attached hydrogen (secondary N) is 2. The molecule has 0 aliphatic rings. The molecule has 4 nitrogen and oxygen atoms in total. The first kappa shape index (κ1) is 19.8. The smallest absolute Gasteiger partial charge is 0.262 e. The zero-order valence-electron chi connectivity index (χ0n) is 15.6. The van der Waals surface area contributed by atoms with Gasteiger partial charge in [0.1, 0.15) is 6.04 Å². The number of carbonyl (C=O) groups is 2. The molecule has 0 aliphatic carbocycles. The summed E-state index contributed by atoms with van der Waals surface area (Å²) in [7, 11) is 0. The number of hydrogen-bond donors (Lipinski definition) is 2. The van der Waals surface area contributed by atoms with Crippen molar-refractivity contribution in [2.75, 3.05) is 6.54 Å². The second-order valence-electron chi connectivity index (χ2n) is 6.57. The Bertz CT molecular complexity index is 864. The Balaban J connectivity index is 1.56. The summed E-state index contributed by atoms with van der Waals surface area (Å²) in [6.45, 7) is 0.577. The van der Waals surface area contributed by atoms with Gasteiger partial charge in [-0.1, -0.05) is 66.7 Å². The van der Waals surface area contributed by atoms with Crippen LogP contribution >= 0.6 is 11.3 Å². The standard InChI is InChI=1S/C23H24N2O2S/c26-22(24-15-7-13-18-9-3-1-4-10-18)20(17-19-11-5-2-6-12-19)25-23(27)21-14-8-16-28-21/h1-6,8-12,14,16,20H,7,13,15,17H2,(H,24,26)(H,25,27)/t20-/m0/s1. The molecule has 1 heterocycles. The molecule has 2 aromatic carbocycles. The molecule has 0 spiro atoms. The Morgan fingerprint density at radius 1 is 0.857 bits per heavy atom. The molecule has 1 aromatic heterocycles. The van der Waals surface area contributed by atoms with Gasteiger partial charge in [-0.25, -0.2) is 0 Å². The lowest BCUT2D eigenvalue weighted by molar-refractivity contribution is -0.122. The van der Waals surface area contributed by atoms with Crippen LogP contribution in [0.5, 0.6) is 0 Å². The molecule has 3 rings (SSSR count). The van der Waals surface area contributed by atoms with Crippen LogP contribution in [-0.4, -0.2) is 24.4 Å². The van der Waals surface area contributed by atoms with Gasteiger partial charge in [-0.05, 0) is 35.4 Å². The van der Waals surface area contributed by atoms with E-state index < -0.39 is 6.04 Å². The van der Waals surface area contributed by atoms with E-state index in [1.807, 2.05) is 60.0 Å². The van der Waals surface area contributed by atoms with E-state index in [2.05, 4.69) is 22.8 Å². The number of carbonyl (C=O) groups excluding carboxylic acids is 2. The quantitative estimate of drug-likeness (QED) is 0.544. The maximum absolute atomic E-state index is 12.7. The topological polar surface area (TPSA) is 58.2 Å². The number of hydrogen-bond acceptors (Lipinski definition) is 3. The van der Waals surface area contributed by atoms with E-state index in [0.29, 0.717) is 17.8 Å². The Morgan fingerprint density at radius 3 is 2.18 bits per heavy atom. The van der Waals surface area contributed by atoms with Crippen molar-refractivity contribution in [3.8, 4) is 0 Å². The fourth-order valence-corrected chi connectivity index (χ4v) is 3.60. The van der Waals surface area contributed by atoms with Crippen LogP contribution in [0.3, 0.4) is 0 Å². The Hall–Kier alpha value is -2.92. The Kier molecular flexibility index (Phi) is 7.38.